The first kappa shape index (κ1) is 20.8. The first-order chi connectivity index (χ1) is 13.7. The lowest BCUT2D eigenvalue weighted by Gasteiger charge is -1.96. The highest BCUT2D eigenvalue weighted by atomic mass is 16.3. The molecule has 0 fully saturated rings. The van der Waals surface area contributed by atoms with E-state index in [0.717, 1.165) is 22.5 Å². The van der Waals surface area contributed by atoms with Gasteiger partial charge in [0, 0.05) is 24.0 Å². The highest BCUT2D eigenvalue weighted by Crippen LogP contribution is 2.23. The zero-order valence-corrected chi connectivity index (χ0v) is 15.9. The number of hydrogen-bond acceptors (Lipinski definition) is 5. The number of hydrogen-bond donors (Lipinski definition) is 4. The van der Waals surface area contributed by atoms with Gasteiger partial charge in [0.15, 0.2) is 5.65 Å². The van der Waals surface area contributed by atoms with Gasteiger partial charge in [0.2, 0.25) is 6.41 Å². The Balaban J connectivity index is 0.000000181. The topological polar surface area (TPSA) is 120 Å². The van der Waals surface area contributed by atoms with E-state index in [1.807, 2.05) is 37.4 Å². The van der Waals surface area contributed by atoms with Gasteiger partial charge in [-0.15, -0.1) is 0 Å². The second-order valence-electron chi connectivity index (χ2n) is 5.85. The molecule has 0 saturated heterocycles. The van der Waals surface area contributed by atoms with E-state index in [9.17, 15) is 4.79 Å². The highest BCUT2D eigenvalue weighted by Gasteiger charge is 2.08. The van der Waals surface area contributed by atoms with Crippen LogP contribution in [0.3, 0.4) is 0 Å². The Hall–Kier alpha value is -3.52. The number of aliphatic hydroxyl groups is 1. The smallest absolute Gasteiger partial charge is 0.207 e. The largest absolute Gasteiger partial charge is 0.395 e. The second-order valence-corrected chi connectivity index (χ2v) is 5.85. The molecule has 0 aliphatic carbocycles. The Morgan fingerprint density at radius 1 is 1.11 bits per heavy atom. The lowest BCUT2D eigenvalue weighted by Crippen LogP contribution is -2.14. The molecule has 0 aliphatic rings. The average molecular weight is 380 g/mol. The average Bonchev–Trinajstić information content (AvgIpc) is 3.36. The van der Waals surface area contributed by atoms with Crippen LogP contribution in [0.25, 0.3) is 22.4 Å². The van der Waals surface area contributed by atoms with Crippen molar-refractivity contribution in [3.05, 3.63) is 66.5 Å². The normalized spacial score (nSPS) is 9.68. The molecule has 0 bridgehead atoms. The highest BCUT2D eigenvalue weighted by molar-refractivity contribution is 5.86. The van der Waals surface area contributed by atoms with Crippen LogP contribution in [-0.2, 0) is 4.79 Å². The molecule has 4 N–H and O–H groups in total. The molecule has 0 radical (unpaired) electrons. The van der Waals surface area contributed by atoms with Crippen molar-refractivity contribution < 1.29 is 9.90 Å². The molecule has 28 heavy (non-hydrogen) atoms. The molecule has 4 rings (SSSR count). The molecule has 8 nitrogen and oxygen atoms in total. The van der Waals surface area contributed by atoms with Gasteiger partial charge in [-0.3, -0.25) is 4.79 Å². The summed E-state index contributed by atoms with van der Waals surface area (Å²) in [6.07, 6.45) is 5.64. The molecule has 8 heteroatoms. The summed E-state index contributed by atoms with van der Waals surface area (Å²) >= 11 is 0. The van der Waals surface area contributed by atoms with Crippen molar-refractivity contribution in [2.45, 2.75) is 13.8 Å². The van der Waals surface area contributed by atoms with Crippen molar-refractivity contribution in [1.29, 1.82) is 0 Å². The fourth-order valence-corrected chi connectivity index (χ4v) is 2.29. The molecular formula is C20H24N6O2. The standard InChI is InChI=1S/C10H9N5.C7H8.C3H7NO2/c1-6-2-7(3-11-6)8-9-10(14-4-12-8)15-5-13-9;1-7-5-3-2-4-6-7;5-2-1-4-3-6/h2-5,11H,1H3,(H,12,13,14,15);2-6H,1H3;3,5H,1-2H2,(H,4,6). The van der Waals surface area contributed by atoms with E-state index >= 15 is 0 Å². The summed E-state index contributed by atoms with van der Waals surface area (Å²) in [7, 11) is 0. The maximum atomic E-state index is 9.34. The predicted molar refractivity (Wildman–Crippen MR) is 109 cm³/mol. The lowest BCUT2D eigenvalue weighted by atomic mass is 10.2. The molecule has 3 aromatic heterocycles. The summed E-state index contributed by atoms with van der Waals surface area (Å²) in [6.45, 7) is 4.46. The number of H-pyrrole nitrogens is 2. The minimum atomic E-state index is 0.0126. The molecule has 4 aromatic rings. The van der Waals surface area contributed by atoms with Crippen molar-refractivity contribution in [1.82, 2.24) is 30.2 Å². The minimum absolute atomic E-state index is 0.0126. The number of aromatic amines is 2. The summed E-state index contributed by atoms with van der Waals surface area (Å²) < 4.78 is 0. The summed E-state index contributed by atoms with van der Waals surface area (Å²) in [5.41, 5.74) is 5.92. The van der Waals surface area contributed by atoms with Crippen molar-refractivity contribution in [2.24, 2.45) is 0 Å². The number of carbonyl (C=O) groups excluding carboxylic acids is 1. The van der Waals surface area contributed by atoms with Gasteiger partial charge in [-0.05, 0) is 19.9 Å². The zero-order valence-electron chi connectivity index (χ0n) is 15.9. The Morgan fingerprint density at radius 3 is 2.43 bits per heavy atom. The molecular weight excluding hydrogens is 356 g/mol. The minimum Gasteiger partial charge on any atom is -0.395 e. The third-order valence-electron chi connectivity index (χ3n) is 3.60. The van der Waals surface area contributed by atoms with Crippen LogP contribution in [0.2, 0.25) is 0 Å². The van der Waals surface area contributed by atoms with Crippen molar-refractivity contribution >= 4 is 17.6 Å². The quantitative estimate of drug-likeness (QED) is 0.320. The van der Waals surface area contributed by atoms with Crippen LogP contribution in [0.1, 0.15) is 11.3 Å². The number of carbonyl (C=O) groups is 1. The summed E-state index contributed by atoms with van der Waals surface area (Å²) in [4.78, 5) is 27.9. The molecule has 0 unspecified atom stereocenters. The zero-order chi connectivity index (χ0) is 20.2. The van der Waals surface area contributed by atoms with E-state index in [1.165, 1.54) is 11.9 Å². The maximum Gasteiger partial charge on any atom is 0.207 e. The van der Waals surface area contributed by atoms with Gasteiger partial charge < -0.3 is 20.4 Å². The number of benzene rings is 1. The van der Waals surface area contributed by atoms with Crippen molar-refractivity contribution in [3.8, 4) is 11.3 Å². The summed E-state index contributed by atoms with van der Waals surface area (Å²) in [5, 5.41) is 10.2. The number of imidazole rings is 1. The third kappa shape index (κ3) is 6.33. The number of amides is 1. The molecule has 3 heterocycles. The Bertz CT molecular complexity index is 965. The Labute approximate surface area is 163 Å². The van der Waals surface area contributed by atoms with Gasteiger partial charge in [-0.25, -0.2) is 15.0 Å². The van der Waals surface area contributed by atoms with Crippen LogP contribution in [0.5, 0.6) is 0 Å². The first-order valence-electron chi connectivity index (χ1n) is 8.74. The first-order valence-corrected chi connectivity index (χ1v) is 8.74. The summed E-state index contributed by atoms with van der Waals surface area (Å²) in [6, 6.07) is 12.3. The van der Waals surface area contributed by atoms with E-state index in [-0.39, 0.29) is 6.61 Å². The number of nitrogens with zero attached hydrogens (tertiary/aromatic N) is 3. The van der Waals surface area contributed by atoms with Gasteiger partial charge in [0.1, 0.15) is 17.5 Å². The second kappa shape index (κ2) is 11.2. The maximum absolute atomic E-state index is 9.34. The molecule has 1 aromatic carbocycles. The van der Waals surface area contributed by atoms with Gasteiger partial charge in [-0.1, -0.05) is 35.9 Å². The molecule has 0 atom stereocenters. The van der Waals surface area contributed by atoms with Gasteiger partial charge in [0.05, 0.1) is 12.9 Å². The Kier molecular flexibility index (Phi) is 8.35. The van der Waals surface area contributed by atoms with Crippen LogP contribution >= 0.6 is 0 Å². The number of aryl methyl sites for hydroxylation is 2. The predicted octanol–water partition coefficient (Wildman–Crippen LogP) is 2.38. The van der Waals surface area contributed by atoms with Crippen molar-refractivity contribution in [2.75, 3.05) is 13.2 Å². The molecule has 1 amide bonds. The van der Waals surface area contributed by atoms with Crippen LogP contribution in [0.4, 0.5) is 0 Å². The number of aromatic nitrogens is 5. The number of rotatable bonds is 4. The van der Waals surface area contributed by atoms with Crippen molar-refractivity contribution in [3.63, 3.8) is 0 Å². The van der Waals surface area contributed by atoms with Gasteiger partial charge >= 0.3 is 0 Å². The lowest BCUT2D eigenvalue weighted by molar-refractivity contribution is -0.109. The van der Waals surface area contributed by atoms with Crippen LogP contribution in [0, 0.1) is 13.8 Å². The third-order valence-corrected chi connectivity index (χ3v) is 3.60. The van der Waals surface area contributed by atoms with Crippen LogP contribution < -0.4 is 5.32 Å². The molecule has 146 valence electrons. The van der Waals surface area contributed by atoms with E-state index < -0.39 is 0 Å². The number of nitrogens with one attached hydrogen (secondary N) is 3. The van der Waals surface area contributed by atoms with Crippen LogP contribution in [-0.4, -0.2) is 49.6 Å². The van der Waals surface area contributed by atoms with E-state index in [1.54, 1.807) is 6.33 Å². The summed E-state index contributed by atoms with van der Waals surface area (Å²) in [5.74, 6) is 0. The van der Waals surface area contributed by atoms with Gasteiger partial charge in [-0.2, -0.15) is 0 Å². The number of aliphatic hydroxyl groups excluding tert-OH is 1. The fraction of sp³-hybridized carbons (Fsp3) is 0.200. The SMILES string of the molecule is Cc1cc(-c2ncnc3nc[nH]c23)c[nH]1.Cc1ccccc1.O=CNCCO. The van der Waals surface area contributed by atoms with Crippen LogP contribution in [0.15, 0.2) is 55.2 Å². The van der Waals surface area contributed by atoms with E-state index in [2.05, 4.69) is 49.3 Å². The fourth-order valence-electron chi connectivity index (χ4n) is 2.29. The van der Waals surface area contributed by atoms with E-state index in [0.29, 0.717) is 18.6 Å². The number of fused-ring (bicyclic) bond motifs is 1. The molecule has 0 saturated carbocycles. The molecule has 0 spiro atoms. The molecule has 0 aliphatic heterocycles. The monoisotopic (exact) mass is 380 g/mol. The van der Waals surface area contributed by atoms with E-state index in [4.69, 9.17) is 5.11 Å². The van der Waals surface area contributed by atoms with Gasteiger partial charge in [0.25, 0.3) is 0 Å². The Morgan fingerprint density at radius 2 is 1.89 bits per heavy atom.